The van der Waals surface area contributed by atoms with Gasteiger partial charge >= 0.3 is 0 Å². The van der Waals surface area contributed by atoms with E-state index in [1.807, 2.05) is 35.9 Å². The van der Waals surface area contributed by atoms with Crippen LogP contribution < -0.4 is 5.73 Å². The third kappa shape index (κ3) is 2.66. The maximum Gasteiger partial charge on any atom is 0.180 e. The predicted molar refractivity (Wildman–Crippen MR) is 108 cm³/mol. The van der Waals surface area contributed by atoms with Gasteiger partial charge < -0.3 is 5.73 Å². The van der Waals surface area contributed by atoms with Crippen LogP contribution in [0.25, 0.3) is 39.1 Å². The molecule has 3 aromatic heterocycles. The second kappa shape index (κ2) is 6.13. The molecule has 5 aromatic rings. The SMILES string of the molecule is Cc1cnc2ccc(-c3cnc(N)c4nc(-c5ccc(F)cc5)cn34)cc2c1. The zero-order valence-corrected chi connectivity index (χ0v) is 15.1. The van der Waals surface area contributed by atoms with E-state index in [1.165, 1.54) is 12.1 Å². The lowest BCUT2D eigenvalue weighted by atomic mass is 10.1. The molecule has 0 atom stereocenters. The first-order valence-electron chi connectivity index (χ1n) is 8.85. The number of halogens is 1. The minimum Gasteiger partial charge on any atom is -0.381 e. The molecular formula is C22H16FN5. The zero-order chi connectivity index (χ0) is 19.3. The van der Waals surface area contributed by atoms with Crippen LogP contribution in [0.4, 0.5) is 10.2 Å². The summed E-state index contributed by atoms with van der Waals surface area (Å²) in [5.74, 6) is 0.0601. The highest BCUT2D eigenvalue weighted by Crippen LogP contribution is 2.28. The fourth-order valence-corrected chi connectivity index (χ4v) is 3.37. The molecule has 5 rings (SSSR count). The minimum atomic E-state index is -0.283. The van der Waals surface area contributed by atoms with Crippen molar-refractivity contribution < 1.29 is 4.39 Å². The molecule has 0 aliphatic rings. The second-order valence-electron chi connectivity index (χ2n) is 6.78. The number of benzene rings is 2. The number of hydrogen-bond acceptors (Lipinski definition) is 4. The quantitative estimate of drug-likeness (QED) is 0.492. The second-order valence-corrected chi connectivity index (χ2v) is 6.78. The molecule has 0 aliphatic carbocycles. The number of nitrogens with two attached hydrogens (primary N) is 1. The molecule has 0 radical (unpaired) electrons. The Kier molecular flexibility index (Phi) is 3.58. The van der Waals surface area contributed by atoms with Crippen LogP contribution in [0.5, 0.6) is 0 Å². The number of nitrogens with zero attached hydrogens (tertiary/aromatic N) is 4. The number of aryl methyl sites for hydroxylation is 1. The lowest BCUT2D eigenvalue weighted by molar-refractivity contribution is 0.628. The molecule has 0 fully saturated rings. The summed E-state index contributed by atoms with van der Waals surface area (Å²) in [7, 11) is 0. The fourth-order valence-electron chi connectivity index (χ4n) is 3.37. The van der Waals surface area contributed by atoms with E-state index >= 15 is 0 Å². The summed E-state index contributed by atoms with van der Waals surface area (Å²) < 4.78 is 15.2. The number of rotatable bonds is 2. The molecule has 0 unspecified atom stereocenters. The molecule has 6 heteroatoms. The summed E-state index contributed by atoms with van der Waals surface area (Å²) in [5, 5.41) is 1.06. The fraction of sp³-hybridized carbons (Fsp3) is 0.0455. The Morgan fingerprint density at radius 3 is 2.54 bits per heavy atom. The minimum absolute atomic E-state index is 0.283. The highest BCUT2D eigenvalue weighted by molar-refractivity contribution is 5.85. The smallest absolute Gasteiger partial charge is 0.180 e. The number of nitrogen functional groups attached to an aromatic ring is 1. The maximum absolute atomic E-state index is 13.3. The first-order valence-corrected chi connectivity index (χ1v) is 8.85. The average Bonchev–Trinajstić information content (AvgIpc) is 3.14. The molecule has 0 spiro atoms. The van der Waals surface area contributed by atoms with Crippen molar-refractivity contribution in [2.24, 2.45) is 0 Å². The van der Waals surface area contributed by atoms with Gasteiger partial charge in [-0.1, -0.05) is 6.07 Å². The Morgan fingerprint density at radius 1 is 0.929 bits per heavy atom. The first-order chi connectivity index (χ1) is 13.6. The van der Waals surface area contributed by atoms with E-state index in [2.05, 4.69) is 27.1 Å². The molecule has 136 valence electrons. The summed E-state index contributed by atoms with van der Waals surface area (Å²) >= 11 is 0. The summed E-state index contributed by atoms with van der Waals surface area (Å²) in [5.41, 5.74) is 12.1. The summed E-state index contributed by atoms with van der Waals surface area (Å²) in [6, 6.07) is 14.4. The van der Waals surface area contributed by atoms with E-state index in [0.29, 0.717) is 17.2 Å². The topological polar surface area (TPSA) is 69.1 Å². The van der Waals surface area contributed by atoms with Crippen LogP contribution in [-0.4, -0.2) is 19.4 Å². The van der Waals surface area contributed by atoms with Gasteiger partial charge in [0.1, 0.15) is 5.82 Å². The summed E-state index contributed by atoms with van der Waals surface area (Å²) in [6.45, 7) is 2.02. The zero-order valence-electron chi connectivity index (χ0n) is 15.1. The summed E-state index contributed by atoms with van der Waals surface area (Å²) in [4.78, 5) is 13.4. The number of anilines is 1. The van der Waals surface area contributed by atoms with Crippen LogP contribution in [0.3, 0.4) is 0 Å². The Bertz CT molecular complexity index is 1340. The Labute approximate surface area is 160 Å². The van der Waals surface area contributed by atoms with E-state index in [0.717, 1.165) is 33.3 Å². The molecule has 2 aromatic carbocycles. The molecule has 5 nitrogen and oxygen atoms in total. The van der Waals surface area contributed by atoms with Crippen LogP contribution in [0, 0.1) is 12.7 Å². The van der Waals surface area contributed by atoms with Crippen LogP contribution in [-0.2, 0) is 0 Å². The van der Waals surface area contributed by atoms with Gasteiger partial charge in [-0.05, 0) is 55.0 Å². The van der Waals surface area contributed by atoms with Gasteiger partial charge in [-0.2, -0.15) is 0 Å². The third-order valence-electron chi connectivity index (χ3n) is 4.77. The largest absolute Gasteiger partial charge is 0.381 e. The molecule has 3 heterocycles. The predicted octanol–water partition coefficient (Wildman–Crippen LogP) is 4.64. The first kappa shape index (κ1) is 16.4. The van der Waals surface area contributed by atoms with Crippen molar-refractivity contribution in [2.45, 2.75) is 6.92 Å². The average molecular weight is 369 g/mol. The molecule has 2 N–H and O–H groups in total. The van der Waals surface area contributed by atoms with Crippen molar-refractivity contribution in [3.05, 3.63) is 78.5 Å². The van der Waals surface area contributed by atoms with Crippen molar-refractivity contribution in [2.75, 3.05) is 5.73 Å². The molecular weight excluding hydrogens is 353 g/mol. The summed E-state index contributed by atoms with van der Waals surface area (Å²) in [6.07, 6.45) is 5.49. The van der Waals surface area contributed by atoms with Crippen molar-refractivity contribution in [1.82, 2.24) is 19.4 Å². The van der Waals surface area contributed by atoms with E-state index in [1.54, 1.807) is 18.3 Å². The molecule has 0 saturated heterocycles. The highest BCUT2D eigenvalue weighted by atomic mass is 19.1. The van der Waals surface area contributed by atoms with Gasteiger partial charge in [0, 0.05) is 28.9 Å². The Hall–Kier alpha value is -3.80. The van der Waals surface area contributed by atoms with Crippen molar-refractivity contribution >= 4 is 22.4 Å². The molecule has 0 aliphatic heterocycles. The molecule has 0 amide bonds. The number of fused-ring (bicyclic) bond motifs is 2. The molecule has 0 bridgehead atoms. The van der Waals surface area contributed by atoms with Crippen molar-refractivity contribution in [1.29, 1.82) is 0 Å². The molecule has 28 heavy (non-hydrogen) atoms. The third-order valence-corrected chi connectivity index (χ3v) is 4.77. The Balaban J connectivity index is 1.71. The van der Waals surface area contributed by atoms with Gasteiger partial charge in [-0.25, -0.2) is 14.4 Å². The van der Waals surface area contributed by atoms with Gasteiger partial charge in [0.25, 0.3) is 0 Å². The van der Waals surface area contributed by atoms with Crippen LogP contribution in [0.2, 0.25) is 0 Å². The lowest BCUT2D eigenvalue weighted by Gasteiger charge is -2.08. The van der Waals surface area contributed by atoms with Crippen molar-refractivity contribution in [3.63, 3.8) is 0 Å². The lowest BCUT2D eigenvalue weighted by Crippen LogP contribution is -1.99. The maximum atomic E-state index is 13.3. The van der Waals surface area contributed by atoms with E-state index in [-0.39, 0.29) is 5.82 Å². The van der Waals surface area contributed by atoms with E-state index in [4.69, 9.17) is 5.73 Å². The van der Waals surface area contributed by atoms with Crippen LogP contribution in [0.1, 0.15) is 5.56 Å². The number of imidazole rings is 1. The van der Waals surface area contributed by atoms with E-state index in [9.17, 15) is 4.39 Å². The van der Waals surface area contributed by atoms with Gasteiger partial charge in [-0.3, -0.25) is 9.38 Å². The van der Waals surface area contributed by atoms with Gasteiger partial charge in [-0.15, -0.1) is 0 Å². The van der Waals surface area contributed by atoms with E-state index < -0.39 is 0 Å². The number of hydrogen-bond donors (Lipinski definition) is 1. The Morgan fingerprint density at radius 2 is 1.71 bits per heavy atom. The van der Waals surface area contributed by atoms with Crippen molar-refractivity contribution in [3.8, 4) is 22.5 Å². The number of aromatic nitrogens is 4. The van der Waals surface area contributed by atoms with Gasteiger partial charge in [0.15, 0.2) is 11.5 Å². The van der Waals surface area contributed by atoms with Gasteiger partial charge in [0.05, 0.1) is 23.1 Å². The van der Waals surface area contributed by atoms with Crippen LogP contribution in [0.15, 0.2) is 67.1 Å². The monoisotopic (exact) mass is 369 g/mol. The number of pyridine rings is 1. The van der Waals surface area contributed by atoms with Gasteiger partial charge in [0.2, 0.25) is 0 Å². The standard InChI is InChI=1S/C22H16FN5/c1-13-8-16-9-15(4-7-18(16)25-10-13)20-11-26-21(24)22-27-19(12-28(20)22)14-2-5-17(23)6-3-14/h2-12H,1H3,(H2,24,26). The molecule has 0 saturated carbocycles. The highest BCUT2D eigenvalue weighted by Gasteiger charge is 2.13. The van der Waals surface area contributed by atoms with Crippen LogP contribution >= 0.6 is 0 Å². The normalized spacial score (nSPS) is 11.4.